The average molecular weight is 401 g/mol. The number of aryl methyl sites for hydroxylation is 1. The van der Waals surface area contributed by atoms with E-state index in [1.54, 1.807) is 42.5 Å². The summed E-state index contributed by atoms with van der Waals surface area (Å²) < 4.78 is 10.6. The molecule has 0 aliphatic carbocycles. The molecule has 0 aromatic heterocycles. The number of halogens is 1. The fourth-order valence-electron chi connectivity index (χ4n) is 2.49. The molecule has 1 amide bonds. The molecule has 0 spiro atoms. The van der Waals surface area contributed by atoms with Gasteiger partial charge in [0.25, 0.3) is 5.91 Å². The number of hydrogen-bond acceptors (Lipinski definition) is 5. The van der Waals surface area contributed by atoms with Gasteiger partial charge in [0.2, 0.25) is 0 Å². The number of nitriles is 1. The van der Waals surface area contributed by atoms with Crippen molar-refractivity contribution in [3.63, 3.8) is 0 Å². The van der Waals surface area contributed by atoms with Gasteiger partial charge < -0.3 is 14.4 Å². The standard InChI is InChI=1S/C21H21ClN2O4/c1-15-13-18(9-10-19(15)22)27-14-20(25)28-16(2)21(26)24(12-6-11-23)17-7-4-3-5-8-17/h3-5,7-10,13,16H,6,12,14H2,1-2H3. The second-order valence-electron chi connectivity index (χ2n) is 6.07. The van der Waals surface area contributed by atoms with Crippen LogP contribution in [0, 0.1) is 18.3 Å². The number of hydrogen-bond donors (Lipinski definition) is 0. The fraction of sp³-hybridized carbons (Fsp3) is 0.286. The number of para-hydroxylation sites is 1. The van der Waals surface area contributed by atoms with Crippen molar-refractivity contribution in [2.75, 3.05) is 18.1 Å². The summed E-state index contributed by atoms with van der Waals surface area (Å²) in [5.74, 6) is -0.586. The van der Waals surface area contributed by atoms with Crippen LogP contribution in [0.3, 0.4) is 0 Å². The minimum Gasteiger partial charge on any atom is -0.482 e. The summed E-state index contributed by atoms with van der Waals surface area (Å²) in [5, 5.41) is 9.45. The maximum atomic E-state index is 12.7. The first-order valence-corrected chi connectivity index (χ1v) is 9.12. The van der Waals surface area contributed by atoms with Crippen LogP contribution in [0.2, 0.25) is 5.02 Å². The van der Waals surface area contributed by atoms with Gasteiger partial charge in [0.15, 0.2) is 12.7 Å². The Morgan fingerprint density at radius 1 is 1.21 bits per heavy atom. The van der Waals surface area contributed by atoms with E-state index in [1.807, 2.05) is 19.1 Å². The predicted molar refractivity (Wildman–Crippen MR) is 106 cm³/mol. The first kappa shape index (κ1) is 21.3. The van der Waals surface area contributed by atoms with Crippen LogP contribution in [-0.4, -0.2) is 31.1 Å². The van der Waals surface area contributed by atoms with Gasteiger partial charge >= 0.3 is 5.97 Å². The molecule has 2 aromatic carbocycles. The lowest BCUT2D eigenvalue weighted by Gasteiger charge is -2.25. The zero-order valence-electron chi connectivity index (χ0n) is 15.7. The molecule has 0 bridgehead atoms. The quantitative estimate of drug-likeness (QED) is 0.628. The molecule has 0 fully saturated rings. The molecule has 0 aliphatic heterocycles. The lowest BCUT2D eigenvalue weighted by atomic mass is 10.2. The van der Waals surface area contributed by atoms with Gasteiger partial charge in [-0.25, -0.2) is 4.79 Å². The third-order valence-electron chi connectivity index (χ3n) is 3.92. The van der Waals surface area contributed by atoms with Crippen molar-refractivity contribution < 1.29 is 19.1 Å². The Balaban J connectivity index is 1.95. The monoisotopic (exact) mass is 400 g/mol. The minimum atomic E-state index is -1.01. The molecule has 2 rings (SSSR count). The van der Waals surface area contributed by atoms with Crippen molar-refractivity contribution in [1.29, 1.82) is 5.26 Å². The maximum absolute atomic E-state index is 12.7. The molecule has 0 saturated heterocycles. The molecule has 0 N–H and O–H groups in total. The van der Waals surface area contributed by atoms with E-state index in [0.717, 1.165) is 5.56 Å². The Kier molecular flexibility index (Phi) is 7.85. The van der Waals surface area contributed by atoms with Crippen LogP contribution in [0.25, 0.3) is 0 Å². The van der Waals surface area contributed by atoms with Crippen molar-refractivity contribution in [1.82, 2.24) is 0 Å². The maximum Gasteiger partial charge on any atom is 0.344 e. The van der Waals surface area contributed by atoms with Gasteiger partial charge in [-0.3, -0.25) is 4.79 Å². The molecule has 0 aliphatic rings. The van der Waals surface area contributed by atoms with E-state index in [1.165, 1.54) is 11.8 Å². The Labute approximate surface area is 169 Å². The third-order valence-corrected chi connectivity index (χ3v) is 4.35. The Hall–Kier alpha value is -3.04. The molecule has 0 radical (unpaired) electrons. The van der Waals surface area contributed by atoms with E-state index >= 15 is 0 Å². The lowest BCUT2D eigenvalue weighted by Crippen LogP contribution is -2.41. The first-order valence-electron chi connectivity index (χ1n) is 8.74. The van der Waals surface area contributed by atoms with Crippen molar-refractivity contribution in [2.24, 2.45) is 0 Å². The highest BCUT2D eigenvalue weighted by Gasteiger charge is 2.25. The van der Waals surface area contributed by atoms with E-state index in [-0.39, 0.29) is 19.6 Å². The van der Waals surface area contributed by atoms with E-state index in [0.29, 0.717) is 16.5 Å². The average Bonchev–Trinajstić information content (AvgIpc) is 2.69. The molecule has 1 atom stereocenters. The van der Waals surface area contributed by atoms with Gasteiger partial charge in [-0.05, 0) is 49.7 Å². The number of anilines is 1. The van der Waals surface area contributed by atoms with Crippen LogP contribution in [0.1, 0.15) is 18.9 Å². The molecule has 0 heterocycles. The minimum absolute atomic E-state index is 0.167. The van der Waals surface area contributed by atoms with Crippen molar-refractivity contribution in [3.8, 4) is 11.8 Å². The summed E-state index contributed by atoms with van der Waals surface area (Å²) in [6, 6.07) is 16.0. The number of rotatable bonds is 8. The number of nitrogens with zero attached hydrogens (tertiary/aromatic N) is 2. The summed E-state index contributed by atoms with van der Waals surface area (Å²) in [5.41, 5.74) is 1.46. The van der Waals surface area contributed by atoms with Gasteiger partial charge in [0.05, 0.1) is 12.5 Å². The van der Waals surface area contributed by atoms with Gasteiger partial charge in [-0.15, -0.1) is 0 Å². The van der Waals surface area contributed by atoms with E-state index in [2.05, 4.69) is 0 Å². The zero-order chi connectivity index (χ0) is 20.5. The topological polar surface area (TPSA) is 79.6 Å². The third kappa shape index (κ3) is 6.00. The lowest BCUT2D eigenvalue weighted by molar-refractivity contribution is -0.155. The second-order valence-corrected chi connectivity index (χ2v) is 6.47. The molecule has 0 saturated carbocycles. The Bertz CT molecular complexity index is 864. The predicted octanol–water partition coefficient (Wildman–Crippen LogP) is 3.91. The fourth-order valence-corrected chi connectivity index (χ4v) is 2.60. The largest absolute Gasteiger partial charge is 0.482 e. The van der Waals surface area contributed by atoms with Crippen molar-refractivity contribution in [3.05, 3.63) is 59.1 Å². The normalized spacial score (nSPS) is 11.2. The van der Waals surface area contributed by atoms with E-state index < -0.39 is 18.0 Å². The smallest absolute Gasteiger partial charge is 0.344 e. The summed E-state index contributed by atoms with van der Waals surface area (Å²) >= 11 is 5.95. The molecule has 1 unspecified atom stereocenters. The highest BCUT2D eigenvalue weighted by molar-refractivity contribution is 6.31. The molecule has 146 valence electrons. The number of ether oxygens (including phenoxy) is 2. The van der Waals surface area contributed by atoms with Gasteiger partial charge in [-0.1, -0.05) is 29.8 Å². The number of amides is 1. The highest BCUT2D eigenvalue weighted by Crippen LogP contribution is 2.21. The molecular weight excluding hydrogens is 380 g/mol. The number of esters is 1. The van der Waals surface area contributed by atoms with Crippen LogP contribution in [0.5, 0.6) is 5.75 Å². The van der Waals surface area contributed by atoms with Crippen LogP contribution in [0.15, 0.2) is 48.5 Å². The molecule has 28 heavy (non-hydrogen) atoms. The summed E-state index contributed by atoms with van der Waals surface area (Å²) in [6.45, 7) is 3.20. The Morgan fingerprint density at radius 2 is 1.93 bits per heavy atom. The highest BCUT2D eigenvalue weighted by atomic mass is 35.5. The van der Waals surface area contributed by atoms with Gasteiger partial charge in [0.1, 0.15) is 5.75 Å². The van der Waals surface area contributed by atoms with E-state index in [4.69, 9.17) is 26.3 Å². The summed E-state index contributed by atoms with van der Waals surface area (Å²) in [6.07, 6.45) is -0.845. The number of carbonyl (C=O) groups is 2. The van der Waals surface area contributed by atoms with Crippen LogP contribution < -0.4 is 9.64 Å². The Morgan fingerprint density at radius 3 is 2.57 bits per heavy atom. The second kappa shape index (κ2) is 10.3. The van der Waals surface area contributed by atoms with Crippen LogP contribution in [0.4, 0.5) is 5.69 Å². The molecule has 6 nitrogen and oxygen atoms in total. The molecule has 7 heteroatoms. The van der Waals surface area contributed by atoms with Gasteiger partial charge in [0, 0.05) is 17.3 Å². The van der Waals surface area contributed by atoms with Crippen LogP contribution in [-0.2, 0) is 14.3 Å². The first-order chi connectivity index (χ1) is 13.4. The van der Waals surface area contributed by atoms with Crippen molar-refractivity contribution in [2.45, 2.75) is 26.4 Å². The number of carbonyl (C=O) groups excluding carboxylic acids is 2. The molecular formula is C21H21ClN2O4. The zero-order valence-corrected chi connectivity index (χ0v) is 16.5. The summed E-state index contributed by atoms with van der Waals surface area (Å²) in [7, 11) is 0. The summed E-state index contributed by atoms with van der Waals surface area (Å²) in [4.78, 5) is 26.2. The van der Waals surface area contributed by atoms with Gasteiger partial charge in [-0.2, -0.15) is 5.26 Å². The van der Waals surface area contributed by atoms with Crippen molar-refractivity contribution >= 4 is 29.2 Å². The van der Waals surface area contributed by atoms with E-state index in [9.17, 15) is 9.59 Å². The number of benzene rings is 2. The molecule has 2 aromatic rings. The van der Waals surface area contributed by atoms with Crippen LogP contribution >= 0.6 is 11.6 Å². The SMILES string of the molecule is Cc1cc(OCC(=O)OC(C)C(=O)N(CCC#N)c2ccccc2)ccc1Cl.